The van der Waals surface area contributed by atoms with Gasteiger partial charge in [0.1, 0.15) is 0 Å². The van der Waals surface area contributed by atoms with Crippen LogP contribution >= 0.6 is 0 Å². The lowest BCUT2D eigenvalue weighted by Gasteiger charge is -2.53. The van der Waals surface area contributed by atoms with Crippen LogP contribution in [0.2, 0.25) is 0 Å². The second kappa shape index (κ2) is 3.96. The number of amides is 1. The first-order valence-electron chi connectivity index (χ1n) is 7.66. The fraction of sp³-hybridized carbons (Fsp3) is 0.933. The summed E-state index contributed by atoms with van der Waals surface area (Å²) in [5.74, 6) is 1.63. The fourth-order valence-electron chi connectivity index (χ4n) is 4.40. The minimum Gasteiger partial charge on any atom is -0.380 e. The van der Waals surface area contributed by atoms with Crippen molar-refractivity contribution in [3.63, 3.8) is 0 Å². The van der Waals surface area contributed by atoms with Crippen LogP contribution in [-0.4, -0.2) is 36.6 Å². The van der Waals surface area contributed by atoms with Crippen molar-refractivity contribution in [1.82, 2.24) is 4.90 Å². The third kappa shape index (κ3) is 1.56. The molecule has 2 saturated heterocycles. The van der Waals surface area contributed by atoms with E-state index in [0.717, 1.165) is 38.5 Å². The first kappa shape index (κ1) is 11.3. The maximum absolute atomic E-state index is 12.6. The van der Waals surface area contributed by atoms with E-state index in [1.807, 2.05) is 0 Å². The van der Waals surface area contributed by atoms with Gasteiger partial charge in [0, 0.05) is 23.9 Å². The molecule has 3 heteroatoms. The molecular weight excluding hydrogens is 226 g/mol. The lowest BCUT2D eigenvalue weighted by molar-refractivity contribution is -0.189. The molecule has 4 aliphatic rings. The minimum atomic E-state index is 0.328. The molecule has 2 aliphatic carbocycles. The van der Waals surface area contributed by atoms with Crippen molar-refractivity contribution in [2.75, 3.05) is 19.8 Å². The Kier molecular flexibility index (Phi) is 2.48. The average Bonchev–Trinajstić information content (AvgIpc) is 2.58. The number of nitrogens with zero attached hydrogens (tertiary/aromatic N) is 1. The molecule has 2 aliphatic heterocycles. The molecule has 1 unspecified atom stereocenters. The molecule has 1 amide bonds. The lowest BCUT2D eigenvalue weighted by Crippen LogP contribution is -2.57. The van der Waals surface area contributed by atoms with Gasteiger partial charge in [-0.15, -0.1) is 0 Å². The average molecular weight is 249 g/mol. The molecule has 2 saturated carbocycles. The summed E-state index contributed by atoms with van der Waals surface area (Å²) < 4.78 is 5.29. The Bertz CT molecular complexity index is 352. The minimum absolute atomic E-state index is 0.328. The molecule has 0 bridgehead atoms. The number of hydrogen-bond donors (Lipinski definition) is 0. The van der Waals surface area contributed by atoms with Crippen LogP contribution in [0.25, 0.3) is 0 Å². The van der Waals surface area contributed by atoms with E-state index in [2.05, 4.69) is 4.90 Å². The Labute approximate surface area is 109 Å². The molecule has 1 spiro atoms. The summed E-state index contributed by atoms with van der Waals surface area (Å²) in [5, 5.41) is 0. The van der Waals surface area contributed by atoms with Crippen molar-refractivity contribution in [2.45, 2.75) is 51.0 Å². The van der Waals surface area contributed by atoms with Crippen molar-refractivity contribution in [3.05, 3.63) is 0 Å². The Hall–Kier alpha value is -0.570. The van der Waals surface area contributed by atoms with Gasteiger partial charge in [0.05, 0.1) is 13.2 Å². The first-order valence-corrected chi connectivity index (χ1v) is 7.66. The summed E-state index contributed by atoms with van der Waals surface area (Å²) in [6, 6.07) is 0.598. The van der Waals surface area contributed by atoms with Crippen LogP contribution in [0.15, 0.2) is 0 Å². The quantitative estimate of drug-likeness (QED) is 0.751. The summed E-state index contributed by atoms with van der Waals surface area (Å²) >= 11 is 0. The highest BCUT2D eigenvalue weighted by Gasteiger charge is 2.54. The van der Waals surface area contributed by atoms with E-state index >= 15 is 0 Å². The van der Waals surface area contributed by atoms with E-state index < -0.39 is 0 Å². The maximum Gasteiger partial charge on any atom is 0.225 e. The molecule has 0 radical (unpaired) electrons. The molecule has 100 valence electrons. The van der Waals surface area contributed by atoms with E-state index in [0.29, 0.717) is 23.3 Å². The molecule has 0 aromatic rings. The molecule has 0 N–H and O–H groups in total. The van der Waals surface area contributed by atoms with Crippen molar-refractivity contribution in [2.24, 2.45) is 17.3 Å². The third-order valence-corrected chi connectivity index (χ3v) is 5.80. The van der Waals surface area contributed by atoms with E-state index in [1.165, 1.54) is 32.1 Å². The fourth-order valence-corrected chi connectivity index (χ4v) is 4.40. The molecule has 2 heterocycles. The Morgan fingerprint density at radius 3 is 2.44 bits per heavy atom. The van der Waals surface area contributed by atoms with Crippen molar-refractivity contribution in [1.29, 1.82) is 0 Å². The summed E-state index contributed by atoms with van der Waals surface area (Å²) in [7, 11) is 0. The predicted molar refractivity (Wildman–Crippen MR) is 68.1 cm³/mol. The Morgan fingerprint density at radius 1 is 1.11 bits per heavy atom. The van der Waals surface area contributed by atoms with Crippen molar-refractivity contribution >= 4 is 5.91 Å². The summed E-state index contributed by atoms with van der Waals surface area (Å²) in [5.41, 5.74) is 0.423. The number of likely N-dealkylation sites (tertiary alicyclic amines) is 1. The van der Waals surface area contributed by atoms with Gasteiger partial charge < -0.3 is 9.64 Å². The van der Waals surface area contributed by atoms with Gasteiger partial charge in [-0.2, -0.15) is 0 Å². The van der Waals surface area contributed by atoms with E-state index in [4.69, 9.17) is 4.74 Å². The summed E-state index contributed by atoms with van der Waals surface area (Å²) in [4.78, 5) is 14.8. The van der Waals surface area contributed by atoms with Crippen LogP contribution in [0.3, 0.4) is 0 Å². The third-order valence-electron chi connectivity index (χ3n) is 5.80. The van der Waals surface area contributed by atoms with Crippen LogP contribution in [0, 0.1) is 17.3 Å². The van der Waals surface area contributed by atoms with Crippen molar-refractivity contribution < 1.29 is 9.53 Å². The van der Waals surface area contributed by atoms with Crippen LogP contribution in [0.1, 0.15) is 44.9 Å². The van der Waals surface area contributed by atoms with E-state index in [9.17, 15) is 4.79 Å². The predicted octanol–water partition coefficient (Wildman–Crippen LogP) is 2.20. The number of carbonyl (C=O) groups excluding carboxylic acids is 1. The Morgan fingerprint density at radius 2 is 1.89 bits per heavy atom. The monoisotopic (exact) mass is 249 g/mol. The molecule has 3 nitrogen and oxygen atoms in total. The number of rotatable bonds is 2. The van der Waals surface area contributed by atoms with Gasteiger partial charge in [-0.3, -0.25) is 4.79 Å². The molecular formula is C15H23NO2. The largest absolute Gasteiger partial charge is 0.380 e. The van der Waals surface area contributed by atoms with Crippen LogP contribution < -0.4 is 0 Å². The molecule has 0 aromatic heterocycles. The van der Waals surface area contributed by atoms with Gasteiger partial charge in [-0.05, 0) is 44.4 Å². The zero-order chi connectivity index (χ0) is 12.2. The van der Waals surface area contributed by atoms with Gasteiger partial charge in [0.2, 0.25) is 5.91 Å². The van der Waals surface area contributed by atoms with Gasteiger partial charge in [0.25, 0.3) is 0 Å². The number of carbonyl (C=O) groups is 1. The zero-order valence-corrected chi connectivity index (χ0v) is 11.1. The van der Waals surface area contributed by atoms with Gasteiger partial charge in [-0.25, -0.2) is 0 Å². The maximum atomic E-state index is 12.6. The van der Waals surface area contributed by atoms with Gasteiger partial charge in [0.15, 0.2) is 0 Å². The second-order valence-corrected chi connectivity index (χ2v) is 7.03. The molecule has 4 rings (SSSR count). The highest BCUT2D eigenvalue weighted by molar-refractivity contribution is 5.80. The first-order chi connectivity index (χ1) is 8.77. The van der Waals surface area contributed by atoms with Crippen LogP contribution in [0.4, 0.5) is 0 Å². The number of hydrogen-bond acceptors (Lipinski definition) is 2. The summed E-state index contributed by atoms with van der Waals surface area (Å²) in [6.45, 7) is 2.84. The normalized spacial score (nSPS) is 35.1. The second-order valence-electron chi connectivity index (χ2n) is 7.03. The van der Waals surface area contributed by atoms with E-state index in [-0.39, 0.29) is 0 Å². The van der Waals surface area contributed by atoms with Crippen molar-refractivity contribution in [3.8, 4) is 0 Å². The summed E-state index contributed by atoms with van der Waals surface area (Å²) in [6.07, 6.45) is 8.78. The smallest absolute Gasteiger partial charge is 0.225 e. The van der Waals surface area contributed by atoms with Gasteiger partial charge >= 0.3 is 0 Å². The standard InChI is InChI=1S/C15H23NO2/c17-14(12-7-15(8-12)9-18-10-15)16-6-2-5-13(16)11-3-1-4-11/h11-13H,1-10H2. The SMILES string of the molecule is O=C(C1CC2(COC2)C1)N1CCCC1C1CCC1. The molecule has 0 aromatic carbocycles. The molecule has 1 atom stereocenters. The van der Waals surface area contributed by atoms with Crippen LogP contribution in [-0.2, 0) is 9.53 Å². The molecule has 18 heavy (non-hydrogen) atoms. The van der Waals surface area contributed by atoms with E-state index in [1.54, 1.807) is 0 Å². The van der Waals surface area contributed by atoms with Gasteiger partial charge in [-0.1, -0.05) is 6.42 Å². The highest BCUT2D eigenvalue weighted by atomic mass is 16.5. The lowest BCUT2D eigenvalue weighted by atomic mass is 9.60. The topological polar surface area (TPSA) is 29.5 Å². The highest BCUT2D eigenvalue weighted by Crippen LogP contribution is 2.52. The number of ether oxygens (including phenoxy) is 1. The molecule has 4 fully saturated rings. The zero-order valence-electron chi connectivity index (χ0n) is 11.1. The van der Waals surface area contributed by atoms with Crippen LogP contribution in [0.5, 0.6) is 0 Å². The Balaban J connectivity index is 1.38.